The van der Waals surface area contributed by atoms with Crippen molar-refractivity contribution in [1.82, 2.24) is 10.2 Å². The molecule has 0 aliphatic rings. The van der Waals surface area contributed by atoms with E-state index < -0.39 is 0 Å². The van der Waals surface area contributed by atoms with Crippen LogP contribution in [-0.2, 0) is 17.6 Å². The van der Waals surface area contributed by atoms with E-state index >= 15 is 0 Å². The number of carbonyl (C=O) groups is 2. The highest BCUT2D eigenvalue weighted by molar-refractivity contribution is 5.90. The van der Waals surface area contributed by atoms with Gasteiger partial charge in [0.15, 0.2) is 0 Å². The van der Waals surface area contributed by atoms with Crippen molar-refractivity contribution in [3.8, 4) is 0 Å². The Balaban J connectivity index is 2.77. The number of nitrogens with one attached hydrogen (secondary N) is 2. The van der Waals surface area contributed by atoms with Gasteiger partial charge in [0.25, 0.3) is 0 Å². The number of rotatable bonds is 6. The summed E-state index contributed by atoms with van der Waals surface area (Å²) in [5.74, 6) is -0.310. The first-order chi connectivity index (χ1) is 10.4. The number of amides is 3. The molecule has 122 valence electrons. The Morgan fingerprint density at radius 3 is 2.45 bits per heavy atom. The quantitative estimate of drug-likeness (QED) is 0.849. The standard InChI is InChI=1S/C17H27N3O2/c1-6-13-8-9-14(7-2)15(10-13)19-17(22)20(5)11-12(3)16(21)18-4/h8-10,12H,6-7,11H2,1-5H3,(H,18,21)(H,19,22)/t12-/m0/s1. The molecule has 0 unspecified atom stereocenters. The molecule has 1 aromatic carbocycles. The van der Waals surface area contributed by atoms with Crippen LogP contribution in [0.2, 0.25) is 0 Å². The third kappa shape index (κ3) is 4.76. The molecule has 22 heavy (non-hydrogen) atoms. The number of hydrogen-bond acceptors (Lipinski definition) is 2. The van der Waals surface area contributed by atoms with E-state index in [9.17, 15) is 9.59 Å². The zero-order chi connectivity index (χ0) is 16.7. The van der Waals surface area contributed by atoms with E-state index in [-0.39, 0.29) is 17.9 Å². The molecular weight excluding hydrogens is 278 g/mol. The molecule has 0 spiro atoms. The zero-order valence-electron chi connectivity index (χ0n) is 14.2. The van der Waals surface area contributed by atoms with Gasteiger partial charge in [-0.15, -0.1) is 0 Å². The van der Waals surface area contributed by atoms with Crippen LogP contribution in [0.5, 0.6) is 0 Å². The van der Waals surface area contributed by atoms with Crippen molar-refractivity contribution in [2.45, 2.75) is 33.6 Å². The Bertz CT molecular complexity index is 529. The van der Waals surface area contributed by atoms with Crippen LogP contribution in [0.4, 0.5) is 10.5 Å². The Labute approximate surface area is 133 Å². The molecule has 0 radical (unpaired) electrons. The average Bonchev–Trinajstić information content (AvgIpc) is 2.53. The van der Waals surface area contributed by atoms with Crippen LogP contribution < -0.4 is 10.6 Å². The van der Waals surface area contributed by atoms with E-state index in [2.05, 4.69) is 36.6 Å². The summed E-state index contributed by atoms with van der Waals surface area (Å²) in [7, 11) is 3.30. The lowest BCUT2D eigenvalue weighted by Gasteiger charge is -2.22. The highest BCUT2D eigenvalue weighted by Gasteiger charge is 2.18. The normalized spacial score (nSPS) is 11.7. The first-order valence-electron chi connectivity index (χ1n) is 7.78. The lowest BCUT2D eigenvalue weighted by Crippen LogP contribution is -2.39. The van der Waals surface area contributed by atoms with Gasteiger partial charge in [-0.2, -0.15) is 0 Å². The molecular formula is C17H27N3O2. The van der Waals surface area contributed by atoms with Gasteiger partial charge in [-0.1, -0.05) is 32.9 Å². The summed E-state index contributed by atoms with van der Waals surface area (Å²) < 4.78 is 0. The molecule has 0 heterocycles. The van der Waals surface area contributed by atoms with Gasteiger partial charge in [0.1, 0.15) is 0 Å². The van der Waals surface area contributed by atoms with Crippen molar-refractivity contribution in [3.05, 3.63) is 29.3 Å². The van der Waals surface area contributed by atoms with Gasteiger partial charge in [-0.25, -0.2) is 4.79 Å². The van der Waals surface area contributed by atoms with Gasteiger partial charge in [-0.05, 0) is 30.0 Å². The minimum Gasteiger partial charge on any atom is -0.359 e. The Morgan fingerprint density at radius 1 is 1.23 bits per heavy atom. The topological polar surface area (TPSA) is 61.4 Å². The first-order valence-corrected chi connectivity index (χ1v) is 7.78. The van der Waals surface area contributed by atoms with E-state index in [1.54, 1.807) is 21.0 Å². The molecule has 0 fully saturated rings. The minimum atomic E-state index is -0.242. The fraction of sp³-hybridized carbons (Fsp3) is 0.529. The van der Waals surface area contributed by atoms with E-state index in [4.69, 9.17) is 0 Å². The van der Waals surface area contributed by atoms with E-state index in [0.29, 0.717) is 6.54 Å². The molecule has 3 amide bonds. The van der Waals surface area contributed by atoms with Gasteiger partial charge in [0.2, 0.25) is 5.91 Å². The fourth-order valence-corrected chi connectivity index (χ4v) is 2.30. The molecule has 1 atom stereocenters. The highest BCUT2D eigenvalue weighted by atomic mass is 16.2. The smallest absolute Gasteiger partial charge is 0.321 e. The van der Waals surface area contributed by atoms with Crippen molar-refractivity contribution in [2.75, 3.05) is 26.0 Å². The van der Waals surface area contributed by atoms with Crippen molar-refractivity contribution in [3.63, 3.8) is 0 Å². The number of carbonyl (C=O) groups excluding carboxylic acids is 2. The summed E-state index contributed by atoms with van der Waals surface area (Å²) in [6, 6.07) is 5.97. The first kappa shape index (κ1) is 18.0. The van der Waals surface area contributed by atoms with Crippen LogP contribution in [0.25, 0.3) is 0 Å². The lowest BCUT2D eigenvalue weighted by molar-refractivity contribution is -0.124. The van der Waals surface area contributed by atoms with E-state index in [1.807, 2.05) is 6.07 Å². The average molecular weight is 305 g/mol. The molecule has 5 nitrogen and oxygen atoms in total. The van der Waals surface area contributed by atoms with Crippen LogP contribution in [0.1, 0.15) is 31.9 Å². The van der Waals surface area contributed by atoms with Crippen molar-refractivity contribution in [2.24, 2.45) is 5.92 Å². The van der Waals surface area contributed by atoms with Crippen LogP contribution in [0.15, 0.2) is 18.2 Å². The number of benzene rings is 1. The maximum absolute atomic E-state index is 12.3. The molecule has 0 aliphatic carbocycles. The minimum absolute atomic E-state index is 0.0677. The second kappa shape index (κ2) is 8.41. The lowest BCUT2D eigenvalue weighted by atomic mass is 10.1. The maximum atomic E-state index is 12.3. The second-order valence-corrected chi connectivity index (χ2v) is 5.52. The number of hydrogen-bond donors (Lipinski definition) is 2. The van der Waals surface area contributed by atoms with Crippen molar-refractivity contribution >= 4 is 17.6 Å². The summed E-state index contributed by atoms with van der Waals surface area (Å²) in [4.78, 5) is 25.4. The number of urea groups is 1. The van der Waals surface area contributed by atoms with Gasteiger partial charge in [0, 0.05) is 26.3 Å². The molecule has 5 heteroatoms. The van der Waals surface area contributed by atoms with Crippen LogP contribution >= 0.6 is 0 Å². The molecule has 0 saturated heterocycles. The fourth-order valence-electron chi connectivity index (χ4n) is 2.30. The summed E-state index contributed by atoms with van der Waals surface area (Å²) in [5.41, 5.74) is 3.15. The second-order valence-electron chi connectivity index (χ2n) is 5.52. The molecule has 0 aliphatic heterocycles. The summed E-state index contributed by atoms with van der Waals surface area (Å²) in [6.45, 7) is 6.33. The van der Waals surface area contributed by atoms with Crippen LogP contribution in [0.3, 0.4) is 0 Å². The Kier molecular flexibility index (Phi) is 6.89. The van der Waals surface area contributed by atoms with Crippen molar-refractivity contribution in [1.29, 1.82) is 0 Å². The summed E-state index contributed by atoms with van der Waals surface area (Å²) >= 11 is 0. The molecule has 0 saturated carbocycles. The van der Waals surface area contributed by atoms with Gasteiger partial charge < -0.3 is 15.5 Å². The third-order valence-corrected chi connectivity index (χ3v) is 3.79. The Hall–Kier alpha value is -2.04. The van der Waals surface area contributed by atoms with Crippen molar-refractivity contribution < 1.29 is 9.59 Å². The third-order valence-electron chi connectivity index (χ3n) is 3.79. The Morgan fingerprint density at radius 2 is 1.91 bits per heavy atom. The zero-order valence-corrected chi connectivity index (χ0v) is 14.2. The molecule has 2 N–H and O–H groups in total. The molecule has 1 aromatic rings. The summed E-state index contributed by atoms with van der Waals surface area (Å²) in [6.07, 6.45) is 1.79. The van der Waals surface area contributed by atoms with E-state index in [0.717, 1.165) is 24.1 Å². The SMILES string of the molecule is CCc1ccc(CC)c(NC(=O)N(C)C[C@H](C)C(=O)NC)c1. The largest absolute Gasteiger partial charge is 0.359 e. The van der Waals surface area contributed by atoms with E-state index in [1.165, 1.54) is 10.5 Å². The summed E-state index contributed by atoms with van der Waals surface area (Å²) in [5, 5.41) is 5.55. The predicted molar refractivity (Wildman–Crippen MR) is 90.1 cm³/mol. The van der Waals surface area contributed by atoms with Crippen LogP contribution in [0, 0.1) is 5.92 Å². The number of aryl methyl sites for hydroxylation is 2. The highest BCUT2D eigenvalue weighted by Crippen LogP contribution is 2.19. The van der Waals surface area contributed by atoms with Gasteiger partial charge >= 0.3 is 6.03 Å². The predicted octanol–water partition coefficient (Wildman–Crippen LogP) is 2.66. The maximum Gasteiger partial charge on any atom is 0.321 e. The van der Waals surface area contributed by atoms with Gasteiger partial charge in [-0.3, -0.25) is 4.79 Å². The molecule has 1 rings (SSSR count). The number of nitrogens with zero attached hydrogens (tertiary/aromatic N) is 1. The van der Waals surface area contributed by atoms with Crippen LogP contribution in [-0.4, -0.2) is 37.5 Å². The molecule has 0 bridgehead atoms. The monoisotopic (exact) mass is 305 g/mol. The number of anilines is 1. The van der Waals surface area contributed by atoms with Gasteiger partial charge in [0.05, 0.1) is 5.92 Å². The molecule has 0 aromatic heterocycles.